The zero-order chi connectivity index (χ0) is 11.0. The molecular formula is C11H9NO3. The van der Waals surface area contributed by atoms with Crippen LogP contribution in [0.25, 0.3) is 6.08 Å². The number of Topliss-reactive ketones (excluding diaryl/α,β-unsaturated/α-hetero) is 1. The molecule has 0 aliphatic heterocycles. The van der Waals surface area contributed by atoms with E-state index in [1.807, 2.05) is 0 Å². The highest BCUT2D eigenvalue weighted by Crippen LogP contribution is 2.27. The highest BCUT2D eigenvalue weighted by Gasteiger charge is 2.30. The second-order valence-corrected chi connectivity index (χ2v) is 3.35. The van der Waals surface area contributed by atoms with Crippen LogP contribution in [0.4, 0.5) is 5.69 Å². The predicted molar refractivity (Wildman–Crippen MR) is 55.3 cm³/mol. The van der Waals surface area contributed by atoms with Crippen LogP contribution in [-0.2, 0) is 4.79 Å². The van der Waals surface area contributed by atoms with Gasteiger partial charge in [0.2, 0.25) is 0 Å². The fraction of sp³-hybridized carbons (Fsp3) is 0.0909. The zero-order valence-corrected chi connectivity index (χ0v) is 7.81. The third-order valence-corrected chi connectivity index (χ3v) is 2.39. The fourth-order valence-electron chi connectivity index (χ4n) is 1.65. The molecule has 0 bridgehead atoms. The van der Waals surface area contributed by atoms with Gasteiger partial charge in [-0.25, -0.2) is 0 Å². The Hall–Kier alpha value is -2.10. The monoisotopic (exact) mass is 203 g/mol. The number of carboxylic acid groups (broad SMARTS) is 1. The lowest BCUT2D eigenvalue weighted by molar-refractivity contribution is -0.138. The van der Waals surface area contributed by atoms with Crippen LogP contribution in [0.2, 0.25) is 0 Å². The summed E-state index contributed by atoms with van der Waals surface area (Å²) >= 11 is 0. The van der Waals surface area contributed by atoms with Crippen molar-refractivity contribution in [3.63, 3.8) is 0 Å². The minimum absolute atomic E-state index is 0.312. The maximum absolute atomic E-state index is 11.8. The average molecular weight is 203 g/mol. The van der Waals surface area contributed by atoms with Crippen molar-refractivity contribution in [3.8, 4) is 0 Å². The van der Waals surface area contributed by atoms with Crippen LogP contribution < -0.4 is 5.73 Å². The van der Waals surface area contributed by atoms with Gasteiger partial charge in [0.1, 0.15) is 5.92 Å². The Kier molecular flexibility index (Phi) is 2.04. The summed E-state index contributed by atoms with van der Waals surface area (Å²) in [6.07, 6.45) is 3.00. The van der Waals surface area contributed by atoms with E-state index in [2.05, 4.69) is 0 Å². The van der Waals surface area contributed by atoms with Crippen LogP contribution in [0.3, 0.4) is 0 Å². The van der Waals surface area contributed by atoms with Gasteiger partial charge in [-0.2, -0.15) is 0 Å². The molecule has 1 aliphatic carbocycles. The average Bonchev–Trinajstić information content (AvgIpc) is 2.17. The molecule has 0 heterocycles. The van der Waals surface area contributed by atoms with Crippen LogP contribution in [0.5, 0.6) is 0 Å². The van der Waals surface area contributed by atoms with Gasteiger partial charge in [0.05, 0.1) is 0 Å². The van der Waals surface area contributed by atoms with Crippen LogP contribution in [0.1, 0.15) is 15.9 Å². The van der Waals surface area contributed by atoms with Gasteiger partial charge < -0.3 is 10.8 Å². The second-order valence-electron chi connectivity index (χ2n) is 3.35. The highest BCUT2D eigenvalue weighted by atomic mass is 16.4. The van der Waals surface area contributed by atoms with Gasteiger partial charge in [-0.05, 0) is 11.6 Å². The first kappa shape index (κ1) is 9.45. The minimum Gasteiger partial charge on any atom is -0.480 e. The van der Waals surface area contributed by atoms with Crippen molar-refractivity contribution in [3.05, 3.63) is 35.4 Å². The fourth-order valence-corrected chi connectivity index (χ4v) is 1.65. The van der Waals surface area contributed by atoms with Crippen LogP contribution in [0.15, 0.2) is 24.3 Å². The summed E-state index contributed by atoms with van der Waals surface area (Å²) in [5.74, 6) is -2.70. The summed E-state index contributed by atoms with van der Waals surface area (Å²) in [4.78, 5) is 22.5. The van der Waals surface area contributed by atoms with Crippen molar-refractivity contribution in [1.82, 2.24) is 0 Å². The van der Waals surface area contributed by atoms with Crippen molar-refractivity contribution >= 4 is 23.5 Å². The number of carbonyl (C=O) groups excluding carboxylic acids is 1. The maximum atomic E-state index is 11.8. The summed E-state index contributed by atoms with van der Waals surface area (Å²) in [6, 6.07) is 5.06. The first-order chi connectivity index (χ1) is 7.11. The predicted octanol–water partition coefficient (Wildman–Crippen LogP) is 1.18. The number of rotatable bonds is 1. The molecule has 0 radical (unpaired) electrons. The standard InChI is InChI=1S/C11H9NO3/c12-8-3-1-2-6-4-5-7(11(14)15)10(13)9(6)8/h1-5,7H,12H2,(H,14,15). The molecular weight excluding hydrogens is 194 g/mol. The summed E-state index contributed by atoms with van der Waals surface area (Å²) in [5.41, 5.74) is 6.96. The van der Waals surface area contributed by atoms with E-state index < -0.39 is 17.7 Å². The molecule has 0 saturated heterocycles. The number of hydrogen-bond donors (Lipinski definition) is 2. The van der Waals surface area contributed by atoms with Crippen molar-refractivity contribution in [2.45, 2.75) is 0 Å². The summed E-state index contributed by atoms with van der Waals surface area (Å²) in [5, 5.41) is 8.81. The first-order valence-electron chi connectivity index (χ1n) is 4.45. The molecule has 0 aromatic heterocycles. The van der Waals surface area contributed by atoms with Crippen molar-refractivity contribution in [1.29, 1.82) is 0 Å². The topological polar surface area (TPSA) is 80.4 Å². The van der Waals surface area contributed by atoms with E-state index in [0.717, 1.165) is 0 Å². The number of nitrogen functional groups attached to an aromatic ring is 1. The lowest BCUT2D eigenvalue weighted by atomic mass is 9.87. The minimum atomic E-state index is -1.15. The Balaban J connectivity index is 2.58. The third kappa shape index (κ3) is 1.40. The van der Waals surface area contributed by atoms with E-state index in [4.69, 9.17) is 10.8 Å². The van der Waals surface area contributed by atoms with Crippen LogP contribution >= 0.6 is 0 Å². The van der Waals surface area contributed by atoms with E-state index in [1.165, 1.54) is 6.08 Å². The van der Waals surface area contributed by atoms with Gasteiger partial charge in [-0.15, -0.1) is 0 Å². The molecule has 1 atom stereocenters. The molecule has 0 amide bonds. The molecule has 76 valence electrons. The van der Waals surface area contributed by atoms with E-state index in [9.17, 15) is 9.59 Å². The normalized spacial score (nSPS) is 18.7. The number of hydrogen-bond acceptors (Lipinski definition) is 3. The number of anilines is 1. The van der Waals surface area contributed by atoms with Crippen molar-refractivity contribution in [2.75, 3.05) is 5.73 Å². The Morgan fingerprint density at radius 3 is 2.80 bits per heavy atom. The van der Waals surface area contributed by atoms with Gasteiger partial charge in [-0.1, -0.05) is 24.3 Å². The van der Waals surface area contributed by atoms with Crippen LogP contribution in [-0.4, -0.2) is 16.9 Å². The number of carboxylic acids is 1. The van der Waals surface area contributed by atoms with Gasteiger partial charge in [0.25, 0.3) is 0 Å². The SMILES string of the molecule is Nc1cccc2c1C(=O)C(C(=O)O)C=C2. The third-order valence-electron chi connectivity index (χ3n) is 2.39. The molecule has 0 fully saturated rings. The Bertz CT molecular complexity index is 477. The molecule has 4 nitrogen and oxygen atoms in total. The molecule has 15 heavy (non-hydrogen) atoms. The van der Waals surface area contributed by atoms with E-state index in [1.54, 1.807) is 24.3 Å². The first-order valence-corrected chi connectivity index (χ1v) is 4.45. The number of fused-ring (bicyclic) bond motifs is 1. The molecule has 0 saturated carbocycles. The Morgan fingerprint density at radius 2 is 2.13 bits per heavy atom. The number of nitrogens with two attached hydrogens (primary N) is 1. The summed E-state index contributed by atoms with van der Waals surface area (Å²) in [6.45, 7) is 0. The molecule has 1 aromatic carbocycles. The Labute approximate surface area is 86.0 Å². The molecule has 4 heteroatoms. The lowest BCUT2D eigenvalue weighted by Crippen LogP contribution is -2.25. The van der Waals surface area contributed by atoms with E-state index in [-0.39, 0.29) is 0 Å². The van der Waals surface area contributed by atoms with Gasteiger partial charge in [0.15, 0.2) is 5.78 Å². The Morgan fingerprint density at radius 1 is 1.40 bits per heavy atom. The van der Waals surface area contributed by atoms with Crippen molar-refractivity contribution in [2.24, 2.45) is 5.92 Å². The van der Waals surface area contributed by atoms with E-state index >= 15 is 0 Å². The molecule has 0 spiro atoms. The van der Waals surface area contributed by atoms with E-state index in [0.29, 0.717) is 16.8 Å². The quantitative estimate of drug-likeness (QED) is 0.530. The number of aliphatic carboxylic acids is 1. The number of benzene rings is 1. The molecule has 2 rings (SSSR count). The summed E-state index contributed by atoms with van der Waals surface area (Å²) < 4.78 is 0. The van der Waals surface area contributed by atoms with Crippen molar-refractivity contribution < 1.29 is 14.7 Å². The zero-order valence-electron chi connectivity index (χ0n) is 7.81. The summed E-state index contributed by atoms with van der Waals surface area (Å²) in [7, 11) is 0. The molecule has 3 N–H and O–H groups in total. The van der Waals surface area contributed by atoms with Crippen LogP contribution in [0, 0.1) is 5.92 Å². The second kappa shape index (κ2) is 3.24. The van der Waals surface area contributed by atoms with Gasteiger partial charge in [0, 0.05) is 11.3 Å². The molecule has 1 unspecified atom stereocenters. The highest BCUT2D eigenvalue weighted by molar-refractivity contribution is 6.16. The largest absolute Gasteiger partial charge is 0.480 e. The number of carbonyl (C=O) groups is 2. The lowest BCUT2D eigenvalue weighted by Gasteiger charge is -2.16. The van der Waals surface area contributed by atoms with Gasteiger partial charge >= 0.3 is 5.97 Å². The maximum Gasteiger partial charge on any atom is 0.318 e. The number of ketones is 1. The molecule has 1 aliphatic rings. The molecule has 1 aromatic rings. The van der Waals surface area contributed by atoms with Gasteiger partial charge in [-0.3, -0.25) is 9.59 Å². The smallest absolute Gasteiger partial charge is 0.318 e.